The van der Waals surface area contributed by atoms with Gasteiger partial charge in [-0.2, -0.15) is 4.98 Å². The number of halogens is 1. The van der Waals surface area contributed by atoms with Crippen molar-refractivity contribution >= 4 is 28.6 Å². The van der Waals surface area contributed by atoms with E-state index in [1.807, 2.05) is 44.2 Å². The first-order valence-electron chi connectivity index (χ1n) is 10.5. The zero-order valence-electron chi connectivity index (χ0n) is 18.6. The highest BCUT2D eigenvalue weighted by atomic mass is 35.5. The zero-order chi connectivity index (χ0) is 24.0. The summed E-state index contributed by atoms with van der Waals surface area (Å²) < 4.78 is 11.1. The number of nitrogens with zero attached hydrogens (tertiary/aromatic N) is 2. The number of H-pyrrole nitrogens is 1. The van der Waals surface area contributed by atoms with Crippen molar-refractivity contribution < 1.29 is 19.2 Å². The molecule has 0 fully saturated rings. The fourth-order valence-corrected chi connectivity index (χ4v) is 4.27. The number of fused-ring (bicyclic) bond motifs is 1. The van der Waals surface area contributed by atoms with Crippen LogP contribution in [0, 0.1) is 20.8 Å². The van der Waals surface area contributed by atoms with Crippen LogP contribution in [0.25, 0.3) is 33.3 Å². The first-order chi connectivity index (χ1) is 16.3. The number of carboxylic acids is 1. The average molecular weight is 474 g/mol. The maximum atomic E-state index is 11.4. The summed E-state index contributed by atoms with van der Waals surface area (Å²) in [4.78, 5) is 19.0. The van der Waals surface area contributed by atoms with Crippen LogP contribution in [0.5, 0.6) is 11.8 Å². The highest BCUT2D eigenvalue weighted by Crippen LogP contribution is 2.35. The predicted octanol–water partition coefficient (Wildman–Crippen LogP) is 6.95. The molecule has 2 heterocycles. The van der Waals surface area contributed by atoms with Crippen molar-refractivity contribution in [2.45, 2.75) is 20.8 Å². The van der Waals surface area contributed by atoms with E-state index in [4.69, 9.17) is 20.9 Å². The molecule has 3 aromatic carbocycles. The van der Waals surface area contributed by atoms with E-state index in [0.29, 0.717) is 27.4 Å². The van der Waals surface area contributed by atoms with Crippen LogP contribution in [0.4, 0.5) is 0 Å². The van der Waals surface area contributed by atoms with Crippen LogP contribution < -0.4 is 4.74 Å². The van der Waals surface area contributed by atoms with Gasteiger partial charge in [-0.25, -0.2) is 4.79 Å². The minimum absolute atomic E-state index is 0.180. The van der Waals surface area contributed by atoms with Crippen molar-refractivity contribution in [3.63, 3.8) is 0 Å². The van der Waals surface area contributed by atoms with Gasteiger partial charge >= 0.3 is 5.97 Å². The van der Waals surface area contributed by atoms with Gasteiger partial charge in [-0.3, -0.25) is 0 Å². The second kappa shape index (κ2) is 8.35. The van der Waals surface area contributed by atoms with Gasteiger partial charge in [-0.1, -0.05) is 47.1 Å². The summed E-state index contributed by atoms with van der Waals surface area (Å²) in [6, 6.07) is 16.8. The Labute approximate surface area is 200 Å². The van der Waals surface area contributed by atoms with Crippen molar-refractivity contribution in [1.82, 2.24) is 15.1 Å². The van der Waals surface area contributed by atoms with Gasteiger partial charge < -0.3 is 19.4 Å². The third-order valence-electron chi connectivity index (χ3n) is 5.72. The molecular weight excluding hydrogens is 454 g/mol. The first-order valence-corrected chi connectivity index (χ1v) is 10.9. The number of ether oxygens (including phenoxy) is 1. The molecule has 0 amide bonds. The van der Waals surface area contributed by atoms with Crippen LogP contribution in [0.1, 0.15) is 27.4 Å². The fourth-order valence-electron chi connectivity index (χ4n) is 3.99. The van der Waals surface area contributed by atoms with E-state index >= 15 is 0 Å². The second-order valence-electron chi connectivity index (χ2n) is 8.05. The Hall–Kier alpha value is -4.10. The van der Waals surface area contributed by atoms with E-state index < -0.39 is 5.97 Å². The number of imidazole rings is 1. The quantitative estimate of drug-likeness (QED) is 0.286. The number of aryl methyl sites for hydroxylation is 3. The lowest BCUT2D eigenvalue weighted by Crippen LogP contribution is -2.00. The van der Waals surface area contributed by atoms with E-state index in [9.17, 15) is 9.90 Å². The minimum Gasteiger partial charge on any atom is -0.478 e. The van der Waals surface area contributed by atoms with Crippen molar-refractivity contribution in [2.75, 3.05) is 0 Å². The Morgan fingerprint density at radius 3 is 2.44 bits per heavy atom. The highest BCUT2D eigenvalue weighted by Gasteiger charge is 2.15. The molecule has 0 aliphatic rings. The van der Waals surface area contributed by atoms with Gasteiger partial charge in [0.25, 0.3) is 6.01 Å². The van der Waals surface area contributed by atoms with Crippen LogP contribution in [0.2, 0.25) is 5.02 Å². The fraction of sp³-hybridized carbons (Fsp3) is 0.115. The molecule has 0 radical (unpaired) electrons. The first kappa shape index (κ1) is 21.7. The molecule has 2 aromatic heterocycles. The highest BCUT2D eigenvalue weighted by molar-refractivity contribution is 6.34. The maximum Gasteiger partial charge on any atom is 0.336 e. The van der Waals surface area contributed by atoms with Crippen molar-refractivity contribution in [3.8, 4) is 34.0 Å². The van der Waals surface area contributed by atoms with Crippen LogP contribution in [0.15, 0.2) is 59.1 Å². The van der Waals surface area contributed by atoms with Gasteiger partial charge in [0.2, 0.25) is 0 Å². The smallest absolute Gasteiger partial charge is 0.336 e. The number of rotatable bonds is 5. The van der Waals surface area contributed by atoms with Gasteiger partial charge in [-0.05, 0) is 61.7 Å². The van der Waals surface area contributed by atoms with Gasteiger partial charge in [0.1, 0.15) is 11.5 Å². The summed E-state index contributed by atoms with van der Waals surface area (Å²) in [6.45, 7) is 5.55. The lowest BCUT2D eigenvalue weighted by Gasteiger charge is -2.07. The normalized spacial score (nSPS) is 11.2. The summed E-state index contributed by atoms with van der Waals surface area (Å²) in [5.74, 6) is 0.144. The number of aromatic carboxylic acids is 1. The molecule has 5 aromatic rings. The van der Waals surface area contributed by atoms with Crippen LogP contribution >= 0.6 is 11.6 Å². The summed E-state index contributed by atoms with van der Waals surface area (Å²) in [7, 11) is 0. The molecule has 0 saturated heterocycles. The molecule has 8 heteroatoms. The number of aromatic nitrogens is 3. The van der Waals surface area contributed by atoms with E-state index in [-0.39, 0.29) is 11.6 Å². The molecule has 2 N–H and O–H groups in total. The zero-order valence-corrected chi connectivity index (χ0v) is 19.4. The monoisotopic (exact) mass is 473 g/mol. The SMILES string of the molecule is Cc1ccc(Oc2nc3cc(-c4ccc(-c5c(C)noc5C)cc4)c(Cl)cc3[nH]2)cc1C(=O)O. The Bertz CT molecular complexity index is 1530. The lowest BCUT2D eigenvalue weighted by atomic mass is 9.99. The molecular formula is C26H20ClN3O4. The molecule has 0 aliphatic heterocycles. The average Bonchev–Trinajstić information content (AvgIpc) is 3.35. The van der Waals surface area contributed by atoms with E-state index in [1.54, 1.807) is 25.1 Å². The molecule has 170 valence electrons. The Morgan fingerprint density at radius 1 is 1.03 bits per heavy atom. The lowest BCUT2D eigenvalue weighted by molar-refractivity contribution is 0.0695. The van der Waals surface area contributed by atoms with Crippen molar-refractivity contribution in [2.24, 2.45) is 0 Å². The van der Waals surface area contributed by atoms with E-state index in [2.05, 4.69) is 15.1 Å². The Kier molecular flexibility index (Phi) is 5.34. The third kappa shape index (κ3) is 3.91. The van der Waals surface area contributed by atoms with E-state index in [1.165, 1.54) is 6.07 Å². The summed E-state index contributed by atoms with van der Waals surface area (Å²) in [6.07, 6.45) is 0. The maximum absolute atomic E-state index is 11.4. The number of hydrogen-bond donors (Lipinski definition) is 2. The number of hydrogen-bond acceptors (Lipinski definition) is 5. The largest absolute Gasteiger partial charge is 0.478 e. The van der Waals surface area contributed by atoms with Gasteiger partial charge in [0.05, 0.1) is 27.3 Å². The van der Waals surface area contributed by atoms with Crippen LogP contribution in [-0.4, -0.2) is 26.2 Å². The van der Waals surface area contributed by atoms with Gasteiger partial charge in [0, 0.05) is 11.1 Å². The molecule has 0 atom stereocenters. The molecule has 0 aliphatic carbocycles. The number of benzene rings is 3. The van der Waals surface area contributed by atoms with Crippen molar-refractivity contribution in [3.05, 3.63) is 82.2 Å². The molecule has 34 heavy (non-hydrogen) atoms. The second-order valence-corrected chi connectivity index (χ2v) is 8.46. The molecule has 0 saturated carbocycles. The Balaban J connectivity index is 1.46. The minimum atomic E-state index is -1.01. The predicted molar refractivity (Wildman–Crippen MR) is 130 cm³/mol. The number of carbonyl (C=O) groups is 1. The summed E-state index contributed by atoms with van der Waals surface area (Å²) >= 11 is 6.59. The third-order valence-corrected chi connectivity index (χ3v) is 6.03. The summed E-state index contributed by atoms with van der Waals surface area (Å²) in [5.41, 5.74) is 6.85. The van der Waals surface area contributed by atoms with Gasteiger partial charge in [0.15, 0.2) is 0 Å². The molecule has 0 spiro atoms. The molecule has 0 bridgehead atoms. The number of aromatic amines is 1. The van der Waals surface area contributed by atoms with Crippen LogP contribution in [-0.2, 0) is 0 Å². The van der Waals surface area contributed by atoms with Gasteiger partial charge in [-0.15, -0.1) is 0 Å². The molecule has 0 unspecified atom stereocenters. The molecule has 5 rings (SSSR count). The Morgan fingerprint density at radius 2 is 1.76 bits per heavy atom. The van der Waals surface area contributed by atoms with E-state index in [0.717, 1.165) is 33.7 Å². The topological polar surface area (TPSA) is 101 Å². The number of carboxylic acid groups (broad SMARTS) is 1. The number of nitrogens with one attached hydrogen (secondary N) is 1. The summed E-state index contributed by atoms with van der Waals surface area (Å²) in [5, 5.41) is 13.9. The van der Waals surface area contributed by atoms with Crippen molar-refractivity contribution in [1.29, 1.82) is 0 Å². The van der Waals surface area contributed by atoms with Crippen LogP contribution in [0.3, 0.4) is 0 Å². The molecule has 7 nitrogen and oxygen atoms in total. The standard InChI is InChI=1S/C26H20ClN3O4/c1-13-4-9-18(10-19(13)25(31)32)33-26-28-22-11-20(21(27)12-23(22)29-26)16-5-7-17(8-6-16)24-14(2)30-34-15(24)3/h4-12H,1-3H3,(H,28,29)(H,31,32).